The molecule has 18 heavy (non-hydrogen) atoms. The summed E-state index contributed by atoms with van der Waals surface area (Å²) in [6, 6.07) is 18.1. The van der Waals surface area contributed by atoms with E-state index in [1.807, 2.05) is 42.5 Å². The molecular weight excluding hydrogens is 337 g/mol. The Morgan fingerprint density at radius 1 is 0.889 bits per heavy atom. The van der Waals surface area contributed by atoms with Crippen LogP contribution >= 0.6 is 22.6 Å². The third-order valence-corrected chi connectivity index (χ3v) is 3.29. The summed E-state index contributed by atoms with van der Waals surface area (Å²) >= 11 is 2.28. The Morgan fingerprint density at radius 3 is 2.44 bits per heavy atom. The predicted octanol–water partition coefficient (Wildman–Crippen LogP) is 3.74. The summed E-state index contributed by atoms with van der Waals surface area (Å²) in [6.07, 6.45) is 0. The van der Waals surface area contributed by atoms with Gasteiger partial charge in [-0.15, -0.1) is 0 Å². The van der Waals surface area contributed by atoms with Crippen molar-refractivity contribution in [2.24, 2.45) is 0 Å². The van der Waals surface area contributed by atoms with Crippen LogP contribution in [0.15, 0.2) is 54.6 Å². The van der Waals surface area contributed by atoms with E-state index < -0.39 is 0 Å². The minimum atomic E-state index is 0.729. The summed E-state index contributed by atoms with van der Waals surface area (Å²) in [5.41, 5.74) is 2.07. The number of hydrogen-bond acceptors (Lipinski definition) is 2. The molecule has 3 nitrogen and oxygen atoms in total. The third kappa shape index (κ3) is 2.28. The van der Waals surface area contributed by atoms with Crippen molar-refractivity contribution in [3.8, 4) is 22.8 Å². The van der Waals surface area contributed by atoms with Gasteiger partial charge in [0.2, 0.25) is 0 Å². The van der Waals surface area contributed by atoms with Crippen molar-refractivity contribution in [3.63, 3.8) is 0 Å². The maximum absolute atomic E-state index is 4.52. The van der Waals surface area contributed by atoms with Crippen molar-refractivity contribution >= 4 is 22.6 Å². The number of nitrogens with zero attached hydrogens (tertiary/aromatic N) is 2. The van der Waals surface area contributed by atoms with Crippen molar-refractivity contribution in [2.75, 3.05) is 0 Å². The van der Waals surface area contributed by atoms with Gasteiger partial charge in [-0.2, -0.15) is 5.10 Å². The highest BCUT2D eigenvalue weighted by molar-refractivity contribution is 14.1. The number of aromatic amines is 1. The first-order chi connectivity index (χ1) is 8.83. The highest BCUT2D eigenvalue weighted by Crippen LogP contribution is 2.20. The van der Waals surface area contributed by atoms with Gasteiger partial charge in [-0.3, -0.25) is 5.10 Å². The normalized spacial score (nSPS) is 10.5. The van der Waals surface area contributed by atoms with E-state index in [-0.39, 0.29) is 0 Å². The molecule has 1 heterocycles. The van der Waals surface area contributed by atoms with Gasteiger partial charge in [0.25, 0.3) is 0 Å². The number of rotatable bonds is 2. The van der Waals surface area contributed by atoms with Gasteiger partial charge in [0.15, 0.2) is 11.6 Å². The van der Waals surface area contributed by atoms with Crippen molar-refractivity contribution in [1.29, 1.82) is 0 Å². The Bertz CT molecular complexity index is 662. The second-order valence-corrected chi connectivity index (χ2v) is 5.13. The van der Waals surface area contributed by atoms with Crippen LogP contribution in [0.3, 0.4) is 0 Å². The molecular formula is C14H10IN3. The van der Waals surface area contributed by atoms with Crippen molar-refractivity contribution in [3.05, 3.63) is 58.2 Å². The lowest BCUT2D eigenvalue weighted by molar-refractivity contribution is 1.10. The Morgan fingerprint density at radius 2 is 1.67 bits per heavy atom. The zero-order valence-electron chi connectivity index (χ0n) is 9.47. The van der Waals surface area contributed by atoms with Gasteiger partial charge in [-0.25, -0.2) is 4.98 Å². The number of H-pyrrole nitrogens is 1. The molecule has 3 aromatic rings. The molecule has 0 unspecified atom stereocenters. The Balaban J connectivity index is 2.00. The highest BCUT2D eigenvalue weighted by Gasteiger charge is 2.07. The van der Waals surface area contributed by atoms with Gasteiger partial charge in [0, 0.05) is 14.7 Å². The smallest absolute Gasteiger partial charge is 0.181 e. The lowest BCUT2D eigenvalue weighted by Crippen LogP contribution is -1.82. The monoisotopic (exact) mass is 347 g/mol. The van der Waals surface area contributed by atoms with Crippen LogP contribution in [0.1, 0.15) is 0 Å². The van der Waals surface area contributed by atoms with Crippen molar-refractivity contribution < 1.29 is 0 Å². The van der Waals surface area contributed by atoms with E-state index in [1.54, 1.807) is 0 Å². The molecule has 88 valence electrons. The van der Waals surface area contributed by atoms with Gasteiger partial charge < -0.3 is 0 Å². The number of aromatic nitrogens is 3. The average molecular weight is 347 g/mol. The Hall–Kier alpha value is -1.69. The minimum Gasteiger partial charge on any atom is -0.259 e. The average Bonchev–Trinajstić information content (AvgIpc) is 2.89. The fourth-order valence-corrected chi connectivity index (χ4v) is 2.29. The quantitative estimate of drug-likeness (QED) is 0.718. The molecule has 0 aliphatic carbocycles. The maximum Gasteiger partial charge on any atom is 0.181 e. The molecule has 0 bridgehead atoms. The van der Waals surface area contributed by atoms with Gasteiger partial charge >= 0.3 is 0 Å². The van der Waals surface area contributed by atoms with E-state index in [4.69, 9.17) is 0 Å². The first-order valence-corrected chi connectivity index (χ1v) is 6.64. The van der Waals surface area contributed by atoms with Crippen LogP contribution in [0.5, 0.6) is 0 Å². The lowest BCUT2D eigenvalue weighted by Gasteiger charge is -1.95. The number of hydrogen-bond donors (Lipinski definition) is 1. The van der Waals surface area contributed by atoms with E-state index in [1.165, 1.54) is 3.57 Å². The highest BCUT2D eigenvalue weighted by atomic mass is 127. The summed E-state index contributed by atoms with van der Waals surface area (Å²) < 4.78 is 1.18. The van der Waals surface area contributed by atoms with E-state index in [0.29, 0.717) is 0 Å². The molecule has 0 amide bonds. The zero-order chi connectivity index (χ0) is 12.4. The van der Waals surface area contributed by atoms with Gasteiger partial charge in [-0.1, -0.05) is 42.5 Å². The number of nitrogens with one attached hydrogen (secondary N) is 1. The van der Waals surface area contributed by atoms with Gasteiger partial charge in [0.1, 0.15) is 0 Å². The third-order valence-electron chi connectivity index (χ3n) is 2.62. The Kier molecular flexibility index (Phi) is 3.10. The van der Waals surface area contributed by atoms with E-state index in [0.717, 1.165) is 22.8 Å². The molecule has 0 aliphatic heterocycles. The van der Waals surface area contributed by atoms with Crippen LogP contribution in [-0.4, -0.2) is 15.2 Å². The fourth-order valence-electron chi connectivity index (χ4n) is 1.74. The fraction of sp³-hybridized carbons (Fsp3) is 0. The second kappa shape index (κ2) is 4.89. The Labute approximate surface area is 118 Å². The number of halogens is 1. The predicted molar refractivity (Wildman–Crippen MR) is 80.0 cm³/mol. The SMILES string of the molecule is Ic1cccc(-c2n[nH]c(-c3ccccc3)n2)c1. The largest absolute Gasteiger partial charge is 0.259 e. The lowest BCUT2D eigenvalue weighted by atomic mass is 10.2. The topological polar surface area (TPSA) is 41.6 Å². The summed E-state index contributed by atoms with van der Waals surface area (Å²) in [7, 11) is 0. The van der Waals surface area contributed by atoms with Crippen LogP contribution in [0.4, 0.5) is 0 Å². The summed E-state index contributed by atoms with van der Waals surface area (Å²) in [5, 5.41) is 7.24. The molecule has 1 aromatic heterocycles. The molecule has 2 aromatic carbocycles. The molecule has 0 radical (unpaired) electrons. The molecule has 0 atom stereocenters. The van der Waals surface area contributed by atoms with E-state index >= 15 is 0 Å². The van der Waals surface area contributed by atoms with Crippen LogP contribution in [-0.2, 0) is 0 Å². The van der Waals surface area contributed by atoms with Crippen LogP contribution in [0.25, 0.3) is 22.8 Å². The van der Waals surface area contributed by atoms with Crippen molar-refractivity contribution in [1.82, 2.24) is 15.2 Å². The molecule has 4 heteroatoms. The second-order valence-electron chi connectivity index (χ2n) is 3.88. The van der Waals surface area contributed by atoms with Crippen LogP contribution < -0.4 is 0 Å². The first kappa shape index (κ1) is 11.4. The minimum absolute atomic E-state index is 0.729. The summed E-state index contributed by atoms with van der Waals surface area (Å²) in [4.78, 5) is 4.52. The molecule has 3 rings (SSSR count). The van der Waals surface area contributed by atoms with Gasteiger partial charge in [0.05, 0.1) is 0 Å². The van der Waals surface area contributed by atoms with E-state index in [9.17, 15) is 0 Å². The maximum atomic E-state index is 4.52. The summed E-state index contributed by atoms with van der Waals surface area (Å²) in [6.45, 7) is 0. The first-order valence-electron chi connectivity index (χ1n) is 5.57. The molecule has 0 aliphatic rings. The molecule has 0 fully saturated rings. The molecule has 1 N–H and O–H groups in total. The van der Waals surface area contributed by atoms with Crippen molar-refractivity contribution in [2.45, 2.75) is 0 Å². The molecule has 0 spiro atoms. The van der Waals surface area contributed by atoms with Gasteiger partial charge in [-0.05, 0) is 34.7 Å². The standard InChI is InChI=1S/C14H10IN3/c15-12-8-4-7-11(9-12)14-16-13(17-18-14)10-5-2-1-3-6-10/h1-9H,(H,16,17,18). The van der Waals surface area contributed by atoms with E-state index in [2.05, 4.69) is 49.9 Å². The summed E-state index contributed by atoms with van der Waals surface area (Å²) in [5.74, 6) is 1.52. The number of benzene rings is 2. The van der Waals surface area contributed by atoms with Crippen LogP contribution in [0.2, 0.25) is 0 Å². The molecule has 0 saturated heterocycles. The van der Waals surface area contributed by atoms with Crippen LogP contribution in [0, 0.1) is 3.57 Å². The molecule has 0 saturated carbocycles. The zero-order valence-corrected chi connectivity index (χ0v) is 11.6.